The van der Waals surface area contributed by atoms with Gasteiger partial charge in [0, 0.05) is 37.0 Å². The van der Waals surface area contributed by atoms with Gasteiger partial charge in [0.2, 0.25) is 0 Å². The Labute approximate surface area is 371 Å². The van der Waals surface area contributed by atoms with Gasteiger partial charge < -0.3 is 53.8 Å². The zero-order valence-corrected chi connectivity index (χ0v) is 41.3. The van der Waals surface area contributed by atoms with Crippen LogP contribution in [-0.4, -0.2) is 110 Å². The van der Waals surface area contributed by atoms with E-state index >= 15 is 0 Å². The average Bonchev–Trinajstić information content (AvgIpc) is 3.75. The van der Waals surface area contributed by atoms with E-state index in [0.717, 1.165) is 17.6 Å². The first kappa shape index (κ1) is 50.1. The van der Waals surface area contributed by atoms with Gasteiger partial charge in [0.25, 0.3) is 11.8 Å². The third-order valence-corrected chi connectivity index (χ3v) is 21.7. The molecule has 2 heterocycles. The molecule has 4 rings (SSSR count). The molecule has 2 fully saturated rings. The van der Waals surface area contributed by atoms with Crippen LogP contribution >= 0.6 is 0 Å². The van der Waals surface area contributed by atoms with E-state index in [1.54, 1.807) is 21.9 Å². The summed E-state index contributed by atoms with van der Waals surface area (Å²) in [6.07, 6.45) is 2.30. The van der Waals surface area contributed by atoms with Crippen LogP contribution in [0.3, 0.4) is 0 Å². The second-order valence-electron chi connectivity index (χ2n) is 19.5. The Morgan fingerprint density at radius 2 is 1.08 bits per heavy atom. The van der Waals surface area contributed by atoms with Gasteiger partial charge in [0.1, 0.15) is 5.75 Å². The number of benzene rings is 2. The number of ether oxygens (including phenoxy) is 5. The summed E-state index contributed by atoms with van der Waals surface area (Å²) in [5.41, 5.74) is 14.5. The zero-order valence-electron chi connectivity index (χ0n) is 39.3. The number of unbranched alkanes of at least 4 members (excludes halogenated alkanes) is 2. The van der Waals surface area contributed by atoms with Crippen LogP contribution in [0.4, 0.5) is 10.5 Å². The SMILES string of the molecule is C=C1C[C@@H](CO[Si](C)(C)C(C)(C)C)N(C(=O)c2cc(OC)c(OCCCCCOc3cc(OC(N)=O)c(C(=O)N4CC(=C)C[C@H]4CO[Si](C)(C)C(C)(C)C)cc3OC)cc2N)C1. The minimum absolute atomic E-state index is 0.00768. The fourth-order valence-electron chi connectivity index (χ4n) is 6.83. The van der Waals surface area contributed by atoms with Crippen LogP contribution in [0.5, 0.6) is 28.7 Å². The summed E-state index contributed by atoms with van der Waals surface area (Å²) < 4.78 is 41.8. The highest BCUT2D eigenvalue weighted by Crippen LogP contribution is 2.41. The number of nitrogens with zero attached hydrogens (tertiary/aromatic N) is 2. The lowest BCUT2D eigenvalue weighted by Gasteiger charge is -2.38. The van der Waals surface area contributed by atoms with Crippen molar-refractivity contribution < 1.29 is 46.9 Å². The molecule has 0 aromatic heterocycles. The number of amides is 3. The topological polar surface area (TPSA) is 174 Å². The van der Waals surface area contributed by atoms with Crippen LogP contribution in [0, 0.1) is 0 Å². The zero-order chi connectivity index (χ0) is 46.4. The second-order valence-corrected chi connectivity index (χ2v) is 29.1. The Hall–Kier alpha value is -4.52. The second kappa shape index (κ2) is 20.3. The van der Waals surface area contributed by atoms with Gasteiger partial charge >= 0.3 is 6.09 Å². The highest BCUT2D eigenvalue weighted by molar-refractivity contribution is 6.74. The molecule has 2 saturated heterocycles. The van der Waals surface area contributed by atoms with Crippen molar-refractivity contribution in [2.75, 3.05) is 59.5 Å². The lowest BCUT2D eigenvalue weighted by atomic mass is 10.1. The summed E-state index contributed by atoms with van der Waals surface area (Å²) in [5.74, 6) is 0.855. The number of nitrogen functional groups attached to an aromatic ring is 1. The van der Waals surface area contributed by atoms with E-state index in [4.69, 9.17) is 44.0 Å². The number of nitrogens with two attached hydrogens (primary N) is 2. The molecule has 0 radical (unpaired) electrons. The third kappa shape index (κ3) is 12.3. The van der Waals surface area contributed by atoms with Crippen LogP contribution in [0.25, 0.3) is 0 Å². The molecule has 2 atom stereocenters. The molecule has 0 spiro atoms. The molecule has 0 bridgehead atoms. The molecular weight excluding hydrogens is 825 g/mol. The fourth-order valence-corrected chi connectivity index (χ4v) is 8.92. The number of hydrogen-bond donors (Lipinski definition) is 2. The van der Waals surface area contributed by atoms with Gasteiger partial charge in [-0.15, -0.1) is 0 Å². The van der Waals surface area contributed by atoms with E-state index < -0.39 is 22.7 Å². The molecule has 16 heteroatoms. The minimum atomic E-state index is -2.08. The Kier molecular flexibility index (Phi) is 16.4. The van der Waals surface area contributed by atoms with Gasteiger partial charge in [-0.1, -0.05) is 65.8 Å². The van der Waals surface area contributed by atoms with Crippen molar-refractivity contribution in [2.24, 2.45) is 5.73 Å². The predicted octanol–water partition coefficient (Wildman–Crippen LogP) is 8.96. The Balaban J connectivity index is 1.35. The van der Waals surface area contributed by atoms with Crippen LogP contribution in [0.1, 0.15) is 94.4 Å². The Morgan fingerprint density at radius 3 is 1.50 bits per heavy atom. The predicted molar refractivity (Wildman–Crippen MR) is 249 cm³/mol. The molecule has 0 unspecified atom stereocenters. The standard InChI is InChI=1S/C46H72N4O10Si2/c1-30-20-32(28-58-61(11,12)45(3,4)5)49(26-30)42(51)34-22-38(54-9)40(24-36(34)47)56-18-16-15-17-19-57-41-25-37(60-44(48)53)35(23-39(41)55-10)43(52)50-27-31(2)21-33(50)29-59-62(13,14)46(6,7)8/h22-25,32-33H,1-2,15-21,26-29,47H2,3-14H3,(H2,48,53)/t32-,33-/m0/s1. The van der Waals surface area contributed by atoms with E-state index in [9.17, 15) is 14.4 Å². The number of methoxy groups -OCH3 is 2. The molecule has 344 valence electrons. The van der Waals surface area contributed by atoms with Crippen LogP contribution < -0.4 is 35.2 Å². The first-order valence-corrected chi connectivity index (χ1v) is 27.3. The van der Waals surface area contributed by atoms with Crippen molar-refractivity contribution in [2.45, 2.75) is 122 Å². The van der Waals surface area contributed by atoms with Gasteiger partial charge in [-0.2, -0.15) is 0 Å². The van der Waals surface area contributed by atoms with Crippen LogP contribution in [0.15, 0.2) is 48.6 Å². The van der Waals surface area contributed by atoms with Crippen molar-refractivity contribution in [3.05, 3.63) is 59.7 Å². The lowest BCUT2D eigenvalue weighted by molar-refractivity contribution is 0.0677. The molecule has 14 nitrogen and oxygen atoms in total. The highest BCUT2D eigenvalue weighted by atomic mass is 28.4. The van der Waals surface area contributed by atoms with Crippen LogP contribution in [-0.2, 0) is 8.85 Å². The van der Waals surface area contributed by atoms with Gasteiger partial charge in [-0.05, 0) is 74.4 Å². The smallest absolute Gasteiger partial charge is 0.409 e. The summed E-state index contributed by atoms with van der Waals surface area (Å²) in [4.78, 5) is 43.5. The van der Waals surface area contributed by atoms with Gasteiger partial charge in [-0.3, -0.25) is 9.59 Å². The molecule has 2 aromatic rings. The summed E-state index contributed by atoms with van der Waals surface area (Å²) in [6, 6.07) is 5.89. The number of likely N-dealkylation sites (tertiary alicyclic amines) is 2. The van der Waals surface area contributed by atoms with E-state index in [1.165, 1.54) is 26.4 Å². The lowest BCUT2D eigenvalue weighted by Crippen LogP contribution is -2.46. The fraction of sp³-hybridized carbons (Fsp3) is 0.587. The Bertz CT molecular complexity index is 1970. The van der Waals surface area contributed by atoms with Crippen molar-refractivity contribution >= 4 is 40.2 Å². The molecule has 4 N–H and O–H groups in total. The number of primary amides is 1. The van der Waals surface area contributed by atoms with Crippen molar-refractivity contribution in [3.63, 3.8) is 0 Å². The quantitative estimate of drug-likeness (QED) is 0.0596. The van der Waals surface area contributed by atoms with Crippen molar-refractivity contribution in [3.8, 4) is 28.7 Å². The van der Waals surface area contributed by atoms with Gasteiger partial charge in [-0.25, -0.2) is 4.79 Å². The number of carbonyl (C=O) groups is 3. The van der Waals surface area contributed by atoms with Crippen molar-refractivity contribution in [1.82, 2.24) is 9.80 Å². The number of anilines is 1. The molecule has 0 saturated carbocycles. The third-order valence-electron chi connectivity index (χ3n) is 12.7. The molecule has 0 aliphatic carbocycles. The Morgan fingerprint density at radius 1 is 0.661 bits per heavy atom. The highest BCUT2D eigenvalue weighted by Gasteiger charge is 2.42. The molecule has 3 amide bonds. The molecule has 2 aliphatic rings. The maximum absolute atomic E-state index is 14.1. The maximum Gasteiger partial charge on any atom is 0.409 e. The maximum atomic E-state index is 14.1. The van der Waals surface area contributed by atoms with Crippen molar-refractivity contribution in [1.29, 1.82) is 0 Å². The molecule has 2 aliphatic heterocycles. The number of carbonyl (C=O) groups excluding carboxylic acids is 3. The number of rotatable bonds is 19. The van der Waals surface area contributed by atoms with E-state index in [0.29, 0.717) is 99.4 Å². The first-order chi connectivity index (χ1) is 28.8. The minimum Gasteiger partial charge on any atom is -0.493 e. The number of hydrogen-bond acceptors (Lipinski definition) is 11. The van der Waals surface area contributed by atoms with Crippen LogP contribution in [0.2, 0.25) is 36.3 Å². The normalized spacial score (nSPS) is 17.4. The molecule has 62 heavy (non-hydrogen) atoms. The van der Waals surface area contributed by atoms with E-state index in [-0.39, 0.29) is 45.3 Å². The molecule has 2 aromatic carbocycles. The summed E-state index contributed by atoms with van der Waals surface area (Å²) >= 11 is 0. The van der Waals surface area contributed by atoms with E-state index in [2.05, 4.69) is 80.9 Å². The van der Waals surface area contributed by atoms with E-state index in [1.807, 2.05) is 0 Å². The summed E-state index contributed by atoms with van der Waals surface area (Å²) in [7, 11) is -1.10. The largest absolute Gasteiger partial charge is 0.493 e. The summed E-state index contributed by atoms with van der Waals surface area (Å²) in [5, 5.41) is 0.0583. The van der Waals surface area contributed by atoms with Gasteiger partial charge in [0.15, 0.2) is 39.6 Å². The molecular formula is C46H72N4O10Si2. The average molecular weight is 897 g/mol. The first-order valence-electron chi connectivity index (χ1n) is 21.5. The summed E-state index contributed by atoms with van der Waals surface area (Å²) in [6.45, 7) is 32.4. The van der Waals surface area contributed by atoms with Gasteiger partial charge in [0.05, 0.1) is 63.9 Å². The monoisotopic (exact) mass is 896 g/mol.